The van der Waals surface area contributed by atoms with Crippen molar-refractivity contribution >= 4 is 38.9 Å². The van der Waals surface area contributed by atoms with Crippen molar-refractivity contribution in [3.05, 3.63) is 59.6 Å². The molecule has 0 bridgehead atoms. The molecule has 2 aromatic rings. The Morgan fingerprint density at radius 3 is 2.34 bits per heavy atom. The van der Waals surface area contributed by atoms with Gasteiger partial charge in [-0.2, -0.15) is 5.10 Å². The SMILES string of the molecule is O=C(CN(c1cccc(Cl)c1)S(=O)(=O)c1ccccc1)NN=C1CCCCCC1. The minimum atomic E-state index is -3.95. The summed E-state index contributed by atoms with van der Waals surface area (Å²) >= 11 is 6.06. The number of nitrogens with zero attached hydrogens (tertiary/aromatic N) is 2. The minimum absolute atomic E-state index is 0.0999. The van der Waals surface area contributed by atoms with Crippen LogP contribution in [0.4, 0.5) is 5.69 Å². The van der Waals surface area contributed by atoms with Gasteiger partial charge in [0, 0.05) is 10.7 Å². The van der Waals surface area contributed by atoms with Crippen molar-refractivity contribution in [3.63, 3.8) is 0 Å². The number of hydrogen-bond acceptors (Lipinski definition) is 4. The van der Waals surface area contributed by atoms with E-state index in [4.69, 9.17) is 11.6 Å². The van der Waals surface area contributed by atoms with Crippen LogP contribution in [0, 0.1) is 0 Å². The quantitative estimate of drug-likeness (QED) is 0.543. The summed E-state index contributed by atoms with van der Waals surface area (Å²) in [5.41, 5.74) is 3.80. The van der Waals surface area contributed by atoms with E-state index in [1.165, 1.54) is 31.0 Å². The fourth-order valence-electron chi connectivity index (χ4n) is 3.22. The number of anilines is 1. The molecule has 1 aliphatic rings. The molecule has 1 amide bonds. The summed E-state index contributed by atoms with van der Waals surface area (Å²) in [6.45, 7) is -0.394. The maximum absolute atomic E-state index is 13.2. The number of rotatable bonds is 6. The molecule has 0 atom stereocenters. The van der Waals surface area contributed by atoms with Crippen LogP contribution in [0.15, 0.2) is 64.6 Å². The van der Waals surface area contributed by atoms with Gasteiger partial charge < -0.3 is 0 Å². The molecule has 1 N–H and O–H groups in total. The van der Waals surface area contributed by atoms with E-state index in [9.17, 15) is 13.2 Å². The molecule has 1 fully saturated rings. The van der Waals surface area contributed by atoms with Crippen LogP contribution >= 0.6 is 11.6 Å². The zero-order chi connectivity index (χ0) is 20.7. The molecule has 1 saturated carbocycles. The lowest BCUT2D eigenvalue weighted by atomic mass is 10.2. The maximum Gasteiger partial charge on any atom is 0.264 e. The van der Waals surface area contributed by atoms with Crippen LogP contribution in [0.25, 0.3) is 0 Å². The first kappa shape index (κ1) is 21.3. The average Bonchev–Trinajstić information content (AvgIpc) is 3.00. The molecule has 29 heavy (non-hydrogen) atoms. The smallest absolute Gasteiger partial charge is 0.264 e. The van der Waals surface area contributed by atoms with Gasteiger partial charge in [-0.1, -0.05) is 48.7 Å². The van der Waals surface area contributed by atoms with Gasteiger partial charge in [-0.25, -0.2) is 13.8 Å². The van der Waals surface area contributed by atoms with Gasteiger partial charge in [-0.05, 0) is 56.0 Å². The van der Waals surface area contributed by atoms with Gasteiger partial charge in [0.1, 0.15) is 6.54 Å². The van der Waals surface area contributed by atoms with Crippen LogP contribution in [0.1, 0.15) is 38.5 Å². The average molecular weight is 434 g/mol. The van der Waals surface area contributed by atoms with E-state index < -0.39 is 22.5 Å². The summed E-state index contributed by atoms with van der Waals surface area (Å²) in [4.78, 5) is 12.7. The van der Waals surface area contributed by atoms with Crippen molar-refractivity contribution in [1.82, 2.24) is 5.43 Å². The molecule has 0 saturated heterocycles. The van der Waals surface area contributed by atoms with Crippen molar-refractivity contribution in [3.8, 4) is 0 Å². The van der Waals surface area contributed by atoms with Gasteiger partial charge in [0.15, 0.2) is 0 Å². The molecule has 6 nitrogen and oxygen atoms in total. The van der Waals surface area contributed by atoms with Crippen LogP contribution in [0.3, 0.4) is 0 Å². The number of benzene rings is 2. The predicted molar refractivity (Wildman–Crippen MR) is 116 cm³/mol. The van der Waals surface area contributed by atoms with Crippen LogP contribution in [0.2, 0.25) is 5.02 Å². The number of carbonyl (C=O) groups is 1. The summed E-state index contributed by atoms with van der Waals surface area (Å²) in [7, 11) is -3.95. The molecule has 0 heterocycles. The summed E-state index contributed by atoms with van der Waals surface area (Å²) in [6, 6.07) is 14.4. The Hall–Kier alpha value is -2.38. The largest absolute Gasteiger partial charge is 0.271 e. The van der Waals surface area contributed by atoms with Crippen LogP contribution in [-0.2, 0) is 14.8 Å². The normalized spacial score (nSPS) is 14.7. The summed E-state index contributed by atoms with van der Waals surface area (Å²) in [5, 5.41) is 4.62. The van der Waals surface area contributed by atoms with Crippen molar-refractivity contribution < 1.29 is 13.2 Å². The Morgan fingerprint density at radius 1 is 1.00 bits per heavy atom. The lowest BCUT2D eigenvalue weighted by molar-refractivity contribution is -0.119. The standard InChI is InChI=1S/C21H24ClN3O3S/c22-17-9-8-12-19(15-17)25(29(27,28)20-13-6-3-7-14-20)16-21(26)24-23-18-10-4-1-2-5-11-18/h3,6-9,12-15H,1-2,4-5,10-11,16H2,(H,24,26). The van der Waals surface area contributed by atoms with Crippen molar-refractivity contribution in [2.75, 3.05) is 10.8 Å². The Balaban J connectivity index is 1.84. The Morgan fingerprint density at radius 2 is 1.69 bits per heavy atom. The highest BCUT2D eigenvalue weighted by Crippen LogP contribution is 2.26. The van der Waals surface area contributed by atoms with Gasteiger partial charge in [-0.15, -0.1) is 0 Å². The summed E-state index contributed by atoms with van der Waals surface area (Å²) in [6.07, 6.45) is 6.19. The molecule has 0 aromatic heterocycles. The maximum atomic E-state index is 13.2. The highest BCUT2D eigenvalue weighted by atomic mass is 35.5. The highest BCUT2D eigenvalue weighted by molar-refractivity contribution is 7.92. The fraction of sp³-hybridized carbons (Fsp3) is 0.333. The van der Waals surface area contributed by atoms with E-state index in [0.717, 1.165) is 35.7 Å². The van der Waals surface area contributed by atoms with E-state index in [1.54, 1.807) is 36.4 Å². The van der Waals surface area contributed by atoms with Gasteiger partial charge >= 0.3 is 0 Å². The Kier molecular flexibility index (Phi) is 7.28. The minimum Gasteiger partial charge on any atom is -0.271 e. The van der Waals surface area contributed by atoms with Crippen LogP contribution in [-0.4, -0.2) is 26.6 Å². The fourth-order valence-corrected chi connectivity index (χ4v) is 4.84. The molecule has 1 aliphatic carbocycles. The lowest BCUT2D eigenvalue weighted by Crippen LogP contribution is -2.39. The molecule has 8 heteroatoms. The second-order valence-corrected chi connectivity index (χ2v) is 9.23. The zero-order valence-corrected chi connectivity index (χ0v) is 17.6. The third kappa shape index (κ3) is 5.81. The lowest BCUT2D eigenvalue weighted by Gasteiger charge is -2.24. The van der Waals surface area contributed by atoms with Crippen molar-refractivity contribution in [1.29, 1.82) is 0 Å². The molecule has 3 rings (SSSR count). The molecular formula is C21H24ClN3O3S. The summed E-state index contributed by atoms with van der Waals surface area (Å²) < 4.78 is 27.4. The number of hydrazone groups is 1. The second kappa shape index (κ2) is 9.89. The zero-order valence-electron chi connectivity index (χ0n) is 16.1. The molecule has 0 unspecified atom stereocenters. The number of halogens is 1. The van der Waals surface area contributed by atoms with Gasteiger partial charge in [0.25, 0.3) is 15.9 Å². The summed E-state index contributed by atoms with van der Waals surface area (Å²) in [5.74, 6) is -0.499. The number of nitrogens with one attached hydrogen (secondary N) is 1. The number of sulfonamides is 1. The van der Waals surface area contributed by atoms with Gasteiger partial charge in [0.05, 0.1) is 10.6 Å². The van der Waals surface area contributed by atoms with E-state index in [0.29, 0.717) is 10.7 Å². The molecular weight excluding hydrogens is 410 g/mol. The first-order chi connectivity index (χ1) is 14.0. The number of amides is 1. The van der Waals surface area contributed by atoms with Gasteiger partial charge in [-0.3, -0.25) is 9.10 Å². The third-order valence-electron chi connectivity index (χ3n) is 4.73. The van der Waals surface area contributed by atoms with Crippen LogP contribution in [0.5, 0.6) is 0 Å². The predicted octanol–water partition coefficient (Wildman–Crippen LogP) is 4.36. The van der Waals surface area contributed by atoms with E-state index in [1.807, 2.05) is 0 Å². The van der Waals surface area contributed by atoms with Crippen LogP contribution < -0.4 is 9.73 Å². The number of carbonyl (C=O) groups excluding carboxylic acids is 1. The van der Waals surface area contributed by atoms with Crippen molar-refractivity contribution in [2.45, 2.75) is 43.4 Å². The first-order valence-electron chi connectivity index (χ1n) is 9.64. The Bertz CT molecular complexity index is 968. The molecule has 0 aliphatic heterocycles. The van der Waals surface area contributed by atoms with E-state index >= 15 is 0 Å². The topological polar surface area (TPSA) is 78.8 Å². The molecule has 2 aromatic carbocycles. The first-order valence-corrected chi connectivity index (χ1v) is 11.5. The van der Waals surface area contributed by atoms with E-state index in [2.05, 4.69) is 10.5 Å². The Labute approximate surface area is 176 Å². The molecule has 0 radical (unpaired) electrons. The van der Waals surface area contributed by atoms with Crippen molar-refractivity contribution in [2.24, 2.45) is 5.10 Å². The third-order valence-corrected chi connectivity index (χ3v) is 6.76. The second-order valence-electron chi connectivity index (χ2n) is 6.93. The monoisotopic (exact) mass is 433 g/mol. The van der Waals surface area contributed by atoms with Gasteiger partial charge in [0.2, 0.25) is 0 Å². The molecule has 154 valence electrons. The number of hydrogen-bond donors (Lipinski definition) is 1. The molecule has 0 spiro atoms. The highest BCUT2D eigenvalue weighted by Gasteiger charge is 2.27. The van der Waals surface area contributed by atoms with E-state index in [-0.39, 0.29) is 4.90 Å².